The smallest absolute Gasteiger partial charge is 0.245 e. The van der Waals surface area contributed by atoms with Crippen molar-refractivity contribution >= 4 is 21.6 Å². The highest BCUT2D eigenvalue weighted by molar-refractivity contribution is 7.89. The van der Waals surface area contributed by atoms with Crippen molar-refractivity contribution in [2.24, 2.45) is 5.73 Å². The average Bonchev–Trinajstić information content (AvgIpc) is 2.63. The topological polar surface area (TPSA) is 87.2 Å². The number of nitriles is 1. The Balaban J connectivity index is 2.41. The van der Waals surface area contributed by atoms with Crippen molar-refractivity contribution < 1.29 is 8.42 Å². The van der Waals surface area contributed by atoms with Crippen LogP contribution in [-0.2, 0) is 10.0 Å². The minimum Gasteiger partial charge on any atom is -0.315 e. The highest BCUT2D eigenvalue weighted by Crippen LogP contribution is 2.28. The molecule has 1 aromatic rings. The molecule has 108 valence electrons. The first-order valence-electron chi connectivity index (χ1n) is 6.44. The van der Waals surface area contributed by atoms with Gasteiger partial charge < -0.3 is 5.73 Å². The molecule has 0 aromatic heterocycles. The van der Waals surface area contributed by atoms with E-state index in [1.807, 2.05) is 6.07 Å². The van der Waals surface area contributed by atoms with E-state index < -0.39 is 16.2 Å². The van der Waals surface area contributed by atoms with Crippen LogP contribution in [0.15, 0.2) is 23.1 Å². The van der Waals surface area contributed by atoms with Gasteiger partial charge in [-0.15, -0.1) is 0 Å². The van der Waals surface area contributed by atoms with Gasteiger partial charge in [0.2, 0.25) is 10.0 Å². The van der Waals surface area contributed by atoms with Crippen LogP contribution in [0.4, 0.5) is 0 Å². The van der Waals surface area contributed by atoms with E-state index in [2.05, 4.69) is 0 Å². The summed E-state index contributed by atoms with van der Waals surface area (Å²) in [5.74, 6) is 0. The minimum atomic E-state index is -3.72. The first-order valence-corrected chi connectivity index (χ1v) is 8.25. The summed E-state index contributed by atoms with van der Waals surface area (Å²) in [4.78, 5) is 0.00974. The van der Waals surface area contributed by atoms with Crippen LogP contribution in [-0.4, -0.2) is 25.4 Å². The van der Waals surface area contributed by atoms with Gasteiger partial charge in [-0.3, -0.25) is 0 Å². The van der Waals surface area contributed by atoms with Gasteiger partial charge in [-0.1, -0.05) is 24.4 Å². The van der Waals surface area contributed by atoms with Gasteiger partial charge in [0.25, 0.3) is 0 Å². The van der Waals surface area contributed by atoms with Crippen molar-refractivity contribution in [3.8, 4) is 6.07 Å². The Bertz CT molecular complexity index is 640. The van der Waals surface area contributed by atoms with Gasteiger partial charge in [-0.2, -0.15) is 9.57 Å². The third-order valence-corrected chi connectivity index (χ3v) is 5.80. The highest BCUT2D eigenvalue weighted by Gasteiger charge is 2.31. The standard InChI is InChI=1S/C13H16ClN3O2S/c14-11-8-10(9-15)5-6-12(11)20(18,19)17-7-3-1-2-4-13(17)16/h5-6,8,13H,1-4,7,16H2. The molecule has 0 saturated carbocycles. The Morgan fingerprint density at radius 1 is 1.35 bits per heavy atom. The van der Waals surface area contributed by atoms with Gasteiger partial charge in [0.15, 0.2) is 0 Å². The summed E-state index contributed by atoms with van der Waals surface area (Å²) in [5.41, 5.74) is 6.29. The molecule has 1 aromatic carbocycles. The van der Waals surface area contributed by atoms with Crippen molar-refractivity contribution in [1.29, 1.82) is 5.26 Å². The Hall–Kier alpha value is -1.13. The summed E-state index contributed by atoms with van der Waals surface area (Å²) >= 11 is 6.00. The minimum absolute atomic E-state index is 0.00974. The zero-order valence-electron chi connectivity index (χ0n) is 10.9. The van der Waals surface area contributed by atoms with Gasteiger partial charge in [-0.05, 0) is 31.0 Å². The number of nitrogens with two attached hydrogens (primary N) is 1. The van der Waals surface area contributed by atoms with E-state index in [0.717, 1.165) is 19.3 Å². The molecule has 0 spiro atoms. The summed E-state index contributed by atoms with van der Waals surface area (Å²) in [5, 5.41) is 8.85. The molecule has 1 saturated heterocycles. The van der Waals surface area contributed by atoms with Gasteiger partial charge in [0.1, 0.15) is 4.90 Å². The van der Waals surface area contributed by atoms with E-state index in [9.17, 15) is 8.42 Å². The monoisotopic (exact) mass is 313 g/mol. The molecule has 0 amide bonds. The van der Waals surface area contributed by atoms with Gasteiger partial charge in [0, 0.05) is 6.54 Å². The van der Waals surface area contributed by atoms with E-state index in [4.69, 9.17) is 22.6 Å². The maximum absolute atomic E-state index is 12.6. The van der Waals surface area contributed by atoms with Crippen LogP contribution in [0.5, 0.6) is 0 Å². The summed E-state index contributed by atoms with van der Waals surface area (Å²) in [6.45, 7) is 0.403. The van der Waals surface area contributed by atoms with E-state index >= 15 is 0 Å². The largest absolute Gasteiger partial charge is 0.315 e. The third-order valence-electron chi connectivity index (χ3n) is 3.40. The van der Waals surface area contributed by atoms with Crippen LogP contribution in [0.3, 0.4) is 0 Å². The van der Waals surface area contributed by atoms with Crippen LogP contribution in [0.2, 0.25) is 5.02 Å². The molecule has 1 fully saturated rings. The molecule has 0 radical (unpaired) electrons. The molecule has 1 aliphatic heterocycles. The average molecular weight is 314 g/mol. The first kappa shape index (κ1) is 15.3. The van der Waals surface area contributed by atoms with Crippen molar-refractivity contribution in [2.75, 3.05) is 6.54 Å². The molecule has 2 N–H and O–H groups in total. The van der Waals surface area contributed by atoms with Crippen LogP contribution >= 0.6 is 11.6 Å². The summed E-state index contributed by atoms with van der Waals surface area (Å²) < 4.78 is 26.6. The lowest BCUT2D eigenvalue weighted by Gasteiger charge is -2.26. The predicted octanol–water partition coefficient (Wildman–Crippen LogP) is 2.06. The van der Waals surface area contributed by atoms with Crippen LogP contribution in [0.25, 0.3) is 0 Å². The number of hydrogen-bond acceptors (Lipinski definition) is 4. The molecule has 1 heterocycles. The lowest BCUT2D eigenvalue weighted by molar-refractivity contribution is 0.329. The first-order chi connectivity index (χ1) is 9.46. The normalized spacial score (nSPS) is 21.1. The summed E-state index contributed by atoms with van der Waals surface area (Å²) in [6, 6.07) is 6.10. The summed E-state index contributed by atoms with van der Waals surface area (Å²) in [6.07, 6.45) is 2.82. The fourth-order valence-electron chi connectivity index (χ4n) is 2.31. The number of halogens is 1. The molecule has 2 rings (SSSR count). The lowest BCUT2D eigenvalue weighted by atomic mass is 10.2. The fourth-order valence-corrected chi connectivity index (χ4v) is 4.41. The Labute approximate surface area is 124 Å². The molecule has 20 heavy (non-hydrogen) atoms. The van der Waals surface area contributed by atoms with Crippen LogP contribution in [0, 0.1) is 11.3 Å². The number of nitrogens with zero attached hydrogens (tertiary/aromatic N) is 2. The van der Waals surface area contributed by atoms with E-state index in [1.165, 1.54) is 22.5 Å². The number of rotatable bonds is 2. The van der Waals surface area contributed by atoms with Gasteiger partial charge >= 0.3 is 0 Å². The maximum atomic E-state index is 12.6. The van der Waals surface area contributed by atoms with Crippen molar-refractivity contribution in [2.45, 2.75) is 36.7 Å². The fraction of sp³-hybridized carbons (Fsp3) is 0.462. The van der Waals surface area contributed by atoms with E-state index in [-0.39, 0.29) is 9.92 Å². The molecule has 1 aliphatic rings. The maximum Gasteiger partial charge on any atom is 0.245 e. The molecule has 0 bridgehead atoms. The SMILES string of the molecule is N#Cc1ccc(S(=O)(=O)N2CCCCCC2N)c(Cl)c1. The third kappa shape index (κ3) is 2.96. The van der Waals surface area contributed by atoms with Crippen molar-refractivity contribution in [3.05, 3.63) is 28.8 Å². The number of hydrogen-bond donors (Lipinski definition) is 1. The highest BCUT2D eigenvalue weighted by atomic mass is 35.5. The lowest BCUT2D eigenvalue weighted by Crippen LogP contribution is -2.45. The number of sulfonamides is 1. The molecular formula is C13H16ClN3O2S. The number of benzene rings is 1. The second-order valence-electron chi connectivity index (χ2n) is 4.79. The van der Waals surface area contributed by atoms with E-state index in [1.54, 1.807) is 0 Å². The van der Waals surface area contributed by atoms with Gasteiger partial charge in [-0.25, -0.2) is 8.42 Å². The zero-order chi connectivity index (χ0) is 14.8. The Morgan fingerprint density at radius 3 is 2.75 bits per heavy atom. The summed E-state index contributed by atoms with van der Waals surface area (Å²) in [7, 11) is -3.72. The molecule has 0 aliphatic carbocycles. The Morgan fingerprint density at radius 2 is 2.10 bits per heavy atom. The molecule has 1 unspecified atom stereocenters. The zero-order valence-corrected chi connectivity index (χ0v) is 12.5. The van der Waals surface area contributed by atoms with E-state index in [0.29, 0.717) is 18.5 Å². The van der Waals surface area contributed by atoms with Crippen LogP contribution in [0.1, 0.15) is 31.2 Å². The second-order valence-corrected chi connectivity index (χ2v) is 7.06. The molecule has 5 nitrogen and oxygen atoms in total. The molecular weight excluding hydrogens is 298 g/mol. The van der Waals surface area contributed by atoms with Gasteiger partial charge in [0.05, 0.1) is 22.8 Å². The molecule has 7 heteroatoms. The van der Waals surface area contributed by atoms with Crippen molar-refractivity contribution in [3.63, 3.8) is 0 Å². The quantitative estimate of drug-likeness (QED) is 0.905. The van der Waals surface area contributed by atoms with Crippen molar-refractivity contribution in [1.82, 2.24) is 4.31 Å². The van der Waals surface area contributed by atoms with Crippen LogP contribution < -0.4 is 5.73 Å². The Kier molecular flexibility index (Phi) is 4.66. The molecule has 1 atom stereocenters. The predicted molar refractivity (Wildman–Crippen MR) is 76.5 cm³/mol. The second kappa shape index (κ2) is 6.10.